The van der Waals surface area contributed by atoms with Gasteiger partial charge in [-0.2, -0.15) is 5.10 Å². The molecule has 7 heteroatoms. The van der Waals surface area contributed by atoms with E-state index in [2.05, 4.69) is 21.9 Å². The van der Waals surface area contributed by atoms with Crippen LogP contribution in [0.5, 0.6) is 0 Å². The fraction of sp³-hybridized carbons (Fsp3) is 0.400. The monoisotopic (exact) mass is 369 g/mol. The lowest BCUT2D eigenvalue weighted by Gasteiger charge is -2.21. The van der Waals surface area contributed by atoms with Gasteiger partial charge in [0.2, 0.25) is 0 Å². The lowest BCUT2D eigenvalue weighted by molar-refractivity contribution is 0.0756. The van der Waals surface area contributed by atoms with E-state index in [1.807, 2.05) is 21.8 Å². The molecule has 1 N–H and O–H groups in total. The summed E-state index contributed by atoms with van der Waals surface area (Å²) in [5.74, 6) is -0.310. The summed E-state index contributed by atoms with van der Waals surface area (Å²) in [5.41, 5.74) is 2.47. The summed E-state index contributed by atoms with van der Waals surface area (Å²) < 4.78 is 15.4. The van der Waals surface area contributed by atoms with E-state index in [9.17, 15) is 9.18 Å². The Kier molecular flexibility index (Phi) is 4.94. The number of carbonyl (C=O) groups excluding carboxylic acids is 1. The second-order valence-corrected chi connectivity index (χ2v) is 7.10. The molecule has 2 aromatic heterocycles. The molecule has 1 aliphatic heterocycles. The maximum absolute atomic E-state index is 13.4. The van der Waals surface area contributed by atoms with Crippen molar-refractivity contribution in [1.29, 1.82) is 0 Å². The largest absolute Gasteiger partial charge is 0.351 e. The molecule has 3 heterocycles. The molecule has 1 aromatic carbocycles. The summed E-state index contributed by atoms with van der Waals surface area (Å²) in [6.07, 6.45) is 2.77. The quantitative estimate of drug-likeness (QED) is 0.769. The molecule has 0 atom stereocenters. The number of amides is 1. The first kappa shape index (κ1) is 17.7. The van der Waals surface area contributed by atoms with E-state index < -0.39 is 0 Å². The molecule has 0 radical (unpaired) electrons. The van der Waals surface area contributed by atoms with Crippen molar-refractivity contribution < 1.29 is 9.18 Å². The second kappa shape index (κ2) is 7.52. The summed E-state index contributed by atoms with van der Waals surface area (Å²) in [7, 11) is 0. The molecular weight excluding hydrogens is 345 g/mol. The summed E-state index contributed by atoms with van der Waals surface area (Å²) in [5, 5.41) is 5.05. The molecule has 6 nitrogen and oxygen atoms in total. The van der Waals surface area contributed by atoms with Crippen LogP contribution in [0.15, 0.2) is 36.5 Å². The summed E-state index contributed by atoms with van der Waals surface area (Å²) in [6, 6.07) is 8.27. The van der Waals surface area contributed by atoms with Crippen molar-refractivity contribution in [2.24, 2.45) is 0 Å². The number of nitrogens with one attached hydrogen (secondary N) is 1. The van der Waals surface area contributed by atoms with Gasteiger partial charge in [0.25, 0.3) is 5.91 Å². The van der Waals surface area contributed by atoms with E-state index >= 15 is 0 Å². The van der Waals surface area contributed by atoms with E-state index in [0.29, 0.717) is 12.2 Å². The Morgan fingerprint density at radius 1 is 1.15 bits per heavy atom. The van der Waals surface area contributed by atoms with Gasteiger partial charge in [-0.25, -0.2) is 4.39 Å². The number of rotatable bonds is 4. The van der Waals surface area contributed by atoms with E-state index in [-0.39, 0.29) is 11.7 Å². The van der Waals surface area contributed by atoms with Crippen LogP contribution in [0, 0.1) is 12.7 Å². The molecule has 0 bridgehead atoms. The SMILES string of the molecule is Cc1ccnn1CCN1CCCN(C(=O)c2cc3cc(F)ccc3[nH]2)CC1. The highest BCUT2D eigenvalue weighted by atomic mass is 19.1. The number of hydrogen-bond donors (Lipinski definition) is 1. The Hall–Kier alpha value is -2.67. The molecule has 0 aliphatic carbocycles. The van der Waals surface area contributed by atoms with Crippen LogP contribution < -0.4 is 0 Å². The predicted molar refractivity (Wildman–Crippen MR) is 102 cm³/mol. The van der Waals surface area contributed by atoms with Crippen molar-refractivity contribution in [2.75, 3.05) is 32.7 Å². The average Bonchev–Trinajstić information content (AvgIpc) is 3.18. The standard InChI is InChI=1S/C20H24FN5O/c1-15-5-6-22-26(15)12-10-24-7-2-8-25(11-9-24)20(27)19-14-16-13-17(21)3-4-18(16)23-19/h3-6,13-14,23H,2,7-12H2,1H3. The van der Waals surface area contributed by atoms with Crippen LogP contribution >= 0.6 is 0 Å². The van der Waals surface area contributed by atoms with Crippen molar-refractivity contribution in [1.82, 2.24) is 24.6 Å². The molecule has 3 aromatic rings. The third-order valence-corrected chi connectivity index (χ3v) is 5.25. The van der Waals surface area contributed by atoms with Gasteiger partial charge >= 0.3 is 0 Å². The van der Waals surface area contributed by atoms with Gasteiger partial charge in [-0.05, 0) is 50.2 Å². The zero-order valence-corrected chi connectivity index (χ0v) is 15.5. The molecular formula is C20H24FN5O. The second-order valence-electron chi connectivity index (χ2n) is 7.10. The Bertz CT molecular complexity index is 947. The minimum atomic E-state index is -0.293. The van der Waals surface area contributed by atoms with E-state index in [0.717, 1.165) is 55.7 Å². The molecule has 142 valence electrons. The smallest absolute Gasteiger partial charge is 0.270 e. The third kappa shape index (κ3) is 3.88. The number of benzene rings is 1. The van der Waals surface area contributed by atoms with Crippen molar-refractivity contribution in [3.63, 3.8) is 0 Å². The van der Waals surface area contributed by atoms with Crippen molar-refractivity contribution in [3.05, 3.63) is 53.7 Å². The molecule has 1 amide bonds. The first-order valence-electron chi connectivity index (χ1n) is 9.38. The van der Waals surface area contributed by atoms with Gasteiger partial charge in [0.05, 0.1) is 6.54 Å². The normalized spacial score (nSPS) is 16.0. The van der Waals surface area contributed by atoms with Crippen LogP contribution in [-0.4, -0.2) is 63.2 Å². The molecule has 0 saturated carbocycles. The first-order valence-corrected chi connectivity index (χ1v) is 9.38. The molecule has 0 spiro atoms. The predicted octanol–water partition coefficient (Wildman–Crippen LogP) is 2.66. The van der Waals surface area contributed by atoms with Gasteiger partial charge in [0.1, 0.15) is 11.5 Å². The van der Waals surface area contributed by atoms with Crippen molar-refractivity contribution >= 4 is 16.8 Å². The minimum absolute atomic E-state index is 0.0172. The number of H-pyrrole nitrogens is 1. The maximum Gasteiger partial charge on any atom is 0.270 e. The van der Waals surface area contributed by atoms with Crippen LogP contribution in [-0.2, 0) is 6.54 Å². The van der Waals surface area contributed by atoms with Gasteiger partial charge in [-0.3, -0.25) is 14.4 Å². The number of hydrogen-bond acceptors (Lipinski definition) is 3. The van der Waals surface area contributed by atoms with Crippen LogP contribution in [0.4, 0.5) is 4.39 Å². The van der Waals surface area contributed by atoms with Crippen LogP contribution in [0.3, 0.4) is 0 Å². The topological polar surface area (TPSA) is 57.2 Å². The Morgan fingerprint density at radius 2 is 2.04 bits per heavy atom. The van der Waals surface area contributed by atoms with Crippen LogP contribution in [0.2, 0.25) is 0 Å². The Balaban J connectivity index is 1.38. The van der Waals surface area contributed by atoms with Crippen molar-refractivity contribution in [2.45, 2.75) is 19.9 Å². The molecule has 1 aliphatic rings. The molecule has 27 heavy (non-hydrogen) atoms. The lowest BCUT2D eigenvalue weighted by atomic mass is 10.2. The Labute approximate surface area is 157 Å². The molecule has 1 saturated heterocycles. The molecule has 0 unspecified atom stereocenters. The fourth-order valence-corrected chi connectivity index (χ4v) is 3.66. The van der Waals surface area contributed by atoms with E-state index in [4.69, 9.17) is 0 Å². The zero-order chi connectivity index (χ0) is 18.8. The van der Waals surface area contributed by atoms with Gasteiger partial charge in [-0.1, -0.05) is 0 Å². The number of nitrogens with zero attached hydrogens (tertiary/aromatic N) is 4. The van der Waals surface area contributed by atoms with Gasteiger partial charge in [0, 0.05) is 49.0 Å². The Morgan fingerprint density at radius 3 is 2.85 bits per heavy atom. The van der Waals surface area contributed by atoms with Gasteiger partial charge < -0.3 is 9.88 Å². The van der Waals surface area contributed by atoms with Crippen LogP contribution in [0.25, 0.3) is 10.9 Å². The number of carbonyl (C=O) groups is 1. The average molecular weight is 369 g/mol. The van der Waals surface area contributed by atoms with Crippen LogP contribution in [0.1, 0.15) is 22.6 Å². The zero-order valence-electron chi connectivity index (χ0n) is 15.5. The third-order valence-electron chi connectivity index (χ3n) is 5.25. The van der Waals surface area contributed by atoms with E-state index in [1.165, 1.54) is 12.1 Å². The number of aromatic nitrogens is 3. The summed E-state index contributed by atoms with van der Waals surface area (Å²) in [4.78, 5) is 20.3. The first-order chi connectivity index (χ1) is 13.1. The summed E-state index contributed by atoms with van der Waals surface area (Å²) in [6.45, 7) is 7.10. The molecule has 4 rings (SSSR count). The fourth-order valence-electron chi connectivity index (χ4n) is 3.66. The number of halogens is 1. The maximum atomic E-state index is 13.4. The van der Waals surface area contributed by atoms with Gasteiger partial charge in [-0.15, -0.1) is 0 Å². The lowest BCUT2D eigenvalue weighted by Crippen LogP contribution is -2.36. The molecule has 1 fully saturated rings. The van der Waals surface area contributed by atoms with Crippen molar-refractivity contribution in [3.8, 4) is 0 Å². The summed E-state index contributed by atoms with van der Waals surface area (Å²) >= 11 is 0. The highest BCUT2D eigenvalue weighted by Crippen LogP contribution is 2.18. The minimum Gasteiger partial charge on any atom is -0.351 e. The number of fused-ring (bicyclic) bond motifs is 1. The highest BCUT2D eigenvalue weighted by Gasteiger charge is 2.21. The highest BCUT2D eigenvalue weighted by molar-refractivity contribution is 5.98. The van der Waals surface area contributed by atoms with E-state index in [1.54, 1.807) is 12.1 Å². The van der Waals surface area contributed by atoms with Gasteiger partial charge in [0.15, 0.2) is 0 Å². The number of aryl methyl sites for hydroxylation is 1. The number of aromatic amines is 1.